The molecule has 1 aromatic carbocycles. The van der Waals surface area contributed by atoms with Crippen molar-refractivity contribution in [3.63, 3.8) is 0 Å². The minimum Gasteiger partial charge on any atom is -0.457 e. The van der Waals surface area contributed by atoms with Crippen LogP contribution in [-0.2, 0) is 22.7 Å². The van der Waals surface area contributed by atoms with Gasteiger partial charge in [-0.3, -0.25) is 0 Å². The van der Waals surface area contributed by atoms with Gasteiger partial charge in [0.15, 0.2) is 0 Å². The lowest BCUT2D eigenvalue weighted by Gasteiger charge is -2.08. The van der Waals surface area contributed by atoms with Crippen LogP contribution in [0.15, 0.2) is 42.6 Å². The summed E-state index contributed by atoms with van der Waals surface area (Å²) in [5.41, 5.74) is 1.50. The van der Waals surface area contributed by atoms with Crippen LogP contribution in [0.2, 0.25) is 5.15 Å². The second-order valence-corrected chi connectivity index (χ2v) is 5.26. The fraction of sp³-hybridized carbons (Fsp3) is 0.250. The molecule has 0 fully saturated rings. The second kappa shape index (κ2) is 8.12. The summed E-state index contributed by atoms with van der Waals surface area (Å²) in [6.45, 7) is -1.46. The van der Waals surface area contributed by atoms with Gasteiger partial charge < -0.3 is 9.47 Å². The fourth-order valence-electron chi connectivity index (χ4n) is 1.75. The Balaban J connectivity index is 1.83. The van der Waals surface area contributed by atoms with Crippen LogP contribution < -0.4 is 0 Å². The molecule has 0 saturated heterocycles. The average molecular weight is 360 g/mol. The first-order chi connectivity index (χ1) is 11.3. The third-order valence-electron chi connectivity index (χ3n) is 2.88. The number of carbonyl (C=O) groups is 1. The first kappa shape index (κ1) is 18.2. The molecule has 2 aromatic rings. The highest BCUT2D eigenvalue weighted by atomic mass is 35.5. The maximum atomic E-state index is 12.0. The average Bonchev–Trinajstić information content (AvgIpc) is 2.53. The van der Waals surface area contributed by atoms with Gasteiger partial charge in [-0.1, -0.05) is 29.8 Å². The molecule has 8 heteroatoms. The maximum Gasteiger partial charge on any atom is 0.411 e. The number of carbonyl (C=O) groups excluding carboxylic acids is 1. The van der Waals surface area contributed by atoms with Crippen LogP contribution in [0.4, 0.5) is 13.2 Å². The number of esters is 1. The summed E-state index contributed by atoms with van der Waals surface area (Å²) in [4.78, 5) is 15.8. The largest absolute Gasteiger partial charge is 0.457 e. The number of ether oxygens (including phenoxy) is 2. The van der Waals surface area contributed by atoms with Crippen molar-refractivity contribution in [2.24, 2.45) is 0 Å². The Bertz CT molecular complexity index is 672. The van der Waals surface area contributed by atoms with Gasteiger partial charge in [-0.05, 0) is 23.8 Å². The summed E-state index contributed by atoms with van der Waals surface area (Å²) in [7, 11) is 0. The van der Waals surface area contributed by atoms with Crippen LogP contribution >= 0.6 is 11.6 Å². The lowest BCUT2D eigenvalue weighted by molar-refractivity contribution is -0.176. The molecule has 0 radical (unpaired) electrons. The Hall–Kier alpha value is -2.12. The number of pyridine rings is 1. The second-order valence-electron chi connectivity index (χ2n) is 4.87. The molecule has 2 rings (SSSR count). The topological polar surface area (TPSA) is 48.4 Å². The number of rotatable bonds is 6. The minimum absolute atomic E-state index is 0.0411. The number of nitrogens with zero attached hydrogens (tertiary/aromatic N) is 1. The predicted octanol–water partition coefficient (Wildman–Crippen LogP) is 4.17. The van der Waals surface area contributed by atoms with E-state index in [1.54, 1.807) is 12.1 Å². The molecule has 0 bridgehead atoms. The van der Waals surface area contributed by atoms with Crippen LogP contribution in [0.5, 0.6) is 0 Å². The van der Waals surface area contributed by atoms with Crippen molar-refractivity contribution in [2.45, 2.75) is 19.4 Å². The van der Waals surface area contributed by atoms with Gasteiger partial charge in [0, 0.05) is 11.8 Å². The number of halogens is 4. The van der Waals surface area contributed by atoms with E-state index in [0.29, 0.717) is 16.3 Å². The molecule has 0 aliphatic carbocycles. The maximum absolute atomic E-state index is 12.0. The summed E-state index contributed by atoms with van der Waals surface area (Å²) in [6.07, 6.45) is -2.86. The highest BCUT2D eigenvalue weighted by Crippen LogP contribution is 2.16. The normalized spacial score (nSPS) is 11.3. The van der Waals surface area contributed by atoms with E-state index in [4.69, 9.17) is 16.3 Å². The number of hydrogen-bond donors (Lipinski definition) is 0. The lowest BCUT2D eigenvalue weighted by atomic mass is 10.1. The number of benzene rings is 1. The molecular formula is C16H13ClF3NO3. The number of alkyl halides is 3. The zero-order chi connectivity index (χ0) is 17.6. The summed E-state index contributed by atoms with van der Waals surface area (Å²) in [5.74, 6) is -0.548. The van der Waals surface area contributed by atoms with Gasteiger partial charge in [-0.2, -0.15) is 13.2 Å². The lowest BCUT2D eigenvalue weighted by Crippen LogP contribution is -2.16. The van der Waals surface area contributed by atoms with Crippen molar-refractivity contribution in [3.8, 4) is 0 Å². The molecule has 0 unspecified atom stereocenters. The summed E-state index contributed by atoms with van der Waals surface area (Å²) in [6, 6.07) is 9.22. The van der Waals surface area contributed by atoms with Gasteiger partial charge in [0.1, 0.15) is 18.4 Å². The van der Waals surface area contributed by atoms with E-state index in [-0.39, 0.29) is 18.8 Å². The number of aromatic nitrogens is 1. The quantitative estimate of drug-likeness (QED) is 0.573. The molecule has 0 aliphatic rings. The van der Waals surface area contributed by atoms with Crippen LogP contribution in [0.25, 0.3) is 0 Å². The third-order valence-corrected chi connectivity index (χ3v) is 3.11. The molecule has 0 atom stereocenters. The van der Waals surface area contributed by atoms with E-state index in [1.807, 2.05) is 0 Å². The van der Waals surface area contributed by atoms with Crippen LogP contribution in [0, 0.1) is 0 Å². The van der Waals surface area contributed by atoms with Gasteiger partial charge in [-0.15, -0.1) is 0 Å². The van der Waals surface area contributed by atoms with Crippen molar-refractivity contribution < 1.29 is 27.4 Å². The minimum atomic E-state index is -4.36. The first-order valence-electron chi connectivity index (χ1n) is 6.84. The van der Waals surface area contributed by atoms with Crippen molar-refractivity contribution in [1.82, 2.24) is 4.98 Å². The van der Waals surface area contributed by atoms with Gasteiger partial charge in [-0.25, -0.2) is 9.78 Å². The monoisotopic (exact) mass is 359 g/mol. The first-order valence-corrected chi connectivity index (χ1v) is 7.22. The molecule has 0 N–H and O–H groups in total. The highest BCUT2D eigenvalue weighted by Gasteiger charge is 2.27. The summed E-state index contributed by atoms with van der Waals surface area (Å²) < 4.78 is 45.6. The van der Waals surface area contributed by atoms with Crippen LogP contribution in [0.1, 0.15) is 21.5 Å². The zero-order valence-corrected chi connectivity index (χ0v) is 13.1. The van der Waals surface area contributed by atoms with Gasteiger partial charge >= 0.3 is 12.1 Å². The van der Waals surface area contributed by atoms with Crippen LogP contribution in [-0.4, -0.2) is 23.7 Å². The molecule has 0 aliphatic heterocycles. The van der Waals surface area contributed by atoms with Crippen molar-refractivity contribution >= 4 is 17.6 Å². The Labute approximate surface area is 141 Å². The standard InChI is InChI=1S/C16H13ClF3NO3/c17-14-6-3-12(7-21-14)9-24-15(22)13-4-1-11(2-5-13)8-23-10-16(18,19)20/h1-7H,8-10H2. The molecule has 1 heterocycles. The molecule has 0 saturated carbocycles. The van der Waals surface area contributed by atoms with Gasteiger partial charge in [0.25, 0.3) is 0 Å². The summed E-state index contributed by atoms with van der Waals surface area (Å²) >= 11 is 5.65. The Morgan fingerprint density at radius 3 is 2.29 bits per heavy atom. The SMILES string of the molecule is O=C(OCc1ccc(Cl)nc1)c1ccc(COCC(F)(F)F)cc1. The van der Waals surface area contributed by atoms with Crippen molar-refractivity contribution in [3.05, 3.63) is 64.4 Å². The number of hydrogen-bond acceptors (Lipinski definition) is 4. The predicted molar refractivity (Wildman–Crippen MR) is 80.5 cm³/mol. The molecule has 4 nitrogen and oxygen atoms in total. The van der Waals surface area contributed by atoms with Crippen molar-refractivity contribution in [1.29, 1.82) is 0 Å². The third kappa shape index (κ3) is 6.17. The molecule has 24 heavy (non-hydrogen) atoms. The molecular weight excluding hydrogens is 347 g/mol. The molecule has 0 spiro atoms. The van der Waals surface area contributed by atoms with E-state index in [2.05, 4.69) is 9.72 Å². The molecule has 0 amide bonds. The summed E-state index contributed by atoms with van der Waals surface area (Å²) in [5, 5.41) is 0.341. The fourth-order valence-corrected chi connectivity index (χ4v) is 1.86. The molecule has 128 valence electrons. The zero-order valence-electron chi connectivity index (χ0n) is 12.3. The van der Waals surface area contributed by atoms with Crippen molar-refractivity contribution in [2.75, 3.05) is 6.61 Å². The van der Waals surface area contributed by atoms with Crippen LogP contribution in [0.3, 0.4) is 0 Å². The van der Waals surface area contributed by atoms with E-state index in [1.165, 1.54) is 30.5 Å². The van der Waals surface area contributed by atoms with E-state index in [0.717, 1.165) is 0 Å². The smallest absolute Gasteiger partial charge is 0.411 e. The van der Waals surface area contributed by atoms with E-state index in [9.17, 15) is 18.0 Å². The Morgan fingerprint density at radius 1 is 1.04 bits per heavy atom. The Kier molecular flexibility index (Phi) is 6.16. The van der Waals surface area contributed by atoms with Gasteiger partial charge in [0.2, 0.25) is 0 Å². The Morgan fingerprint density at radius 2 is 1.71 bits per heavy atom. The van der Waals surface area contributed by atoms with E-state index < -0.39 is 18.8 Å². The molecule has 1 aromatic heterocycles. The van der Waals surface area contributed by atoms with E-state index >= 15 is 0 Å². The van der Waals surface area contributed by atoms with Gasteiger partial charge in [0.05, 0.1) is 12.2 Å². The highest BCUT2D eigenvalue weighted by molar-refractivity contribution is 6.29.